The van der Waals surface area contributed by atoms with Crippen LogP contribution in [0.15, 0.2) is 12.2 Å². The predicted molar refractivity (Wildman–Crippen MR) is 108 cm³/mol. The number of urea groups is 1. The lowest BCUT2D eigenvalue weighted by Gasteiger charge is -2.16. The number of nitrogens with one attached hydrogen (secondary N) is 1. The Bertz CT molecular complexity index is 507. The number of hydrogen-bond donors (Lipinski definition) is 2. The molecule has 1 heterocycles. The van der Waals surface area contributed by atoms with Crippen molar-refractivity contribution in [3.05, 3.63) is 12.2 Å². The Labute approximate surface area is 168 Å². The van der Waals surface area contributed by atoms with Crippen molar-refractivity contribution in [1.82, 2.24) is 10.2 Å². The fraction of sp³-hybridized carbons (Fsp3) is 0.762. The highest BCUT2D eigenvalue weighted by Gasteiger charge is 2.23. The Morgan fingerprint density at radius 1 is 1.18 bits per heavy atom. The molecule has 1 atom stereocenters. The van der Waals surface area contributed by atoms with Crippen molar-refractivity contribution < 1.29 is 24.2 Å². The molecule has 1 aliphatic heterocycles. The number of allylic oxidation sites excluding steroid dienone is 2. The second-order valence-electron chi connectivity index (χ2n) is 7.30. The van der Waals surface area contributed by atoms with E-state index in [1.54, 1.807) is 4.90 Å². The topological polar surface area (TPSA) is 95.9 Å². The van der Waals surface area contributed by atoms with Crippen LogP contribution in [0.4, 0.5) is 4.79 Å². The van der Waals surface area contributed by atoms with Crippen LogP contribution in [0.5, 0.6) is 0 Å². The molecule has 1 rings (SSSR count). The summed E-state index contributed by atoms with van der Waals surface area (Å²) in [5.74, 6) is -2.21. The largest absolute Gasteiger partial charge is 0.481 e. The van der Waals surface area contributed by atoms with Crippen molar-refractivity contribution in [2.24, 2.45) is 5.92 Å². The minimum Gasteiger partial charge on any atom is -0.481 e. The first-order valence-electron chi connectivity index (χ1n) is 10.6. The molecule has 1 unspecified atom stereocenters. The van der Waals surface area contributed by atoms with Gasteiger partial charge in [0.1, 0.15) is 6.61 Å². The number of aliphatic carboxylic acids is 1. The summed E-state index contributed by atoms with van der Waals surface area (Å²) in [7, 11) is 0. The van der Waals surface area contributed by atoms with Gasteiger partial charge in [-0.05, 0) is 19.3 Å². The van der Waals surface area contributed by atoms with E-state index in [0.29, 0.717) is 26.1 Å². The van der Waals surface area contributed by atoms with Gasteiger partial charge in [0.25, 0.3) is 0 Å². The summed E-state index contributed by atoms with van der Waals surface area (Å²) in [6, 6.07) is -0.161. The van der Waals surface area contributed by atoms with E-state index in [4.69, 9.17) is 9.84 Å². The van der Waals surface area contributed by atoms with Gasteiger partial charge in [0.15, 0.2) is 0 Å². The Hall–Kier alpha value is -2.05. The van der Waals surface area contributed by atoms with Gasteiger partial charge in [0.2, 0.25) is 0 Å². The summed E-state index contributed by atoms with van der Waals surface area (Å²) in [4.78, 5) is 36.2. The van der Waals surface area contributed by atoms with Crippen molar-refractivity contribution in [2.75, 3.05) is 26.2 Å². The molecule has 0 aromatic carbocycles. The maximum atomic E-state index is 12.2. The van der Waals surface area contributed by atoms with E-state index < -0.39 is 17.9 Å². The van der Waals surface area contributed by atoms with Crippen molar-refractivity contribution in [1.29, 1.82) is 0 Å². The second-order valence-corrected chi connectivity index (χ2v) is 7.30. The number of hydrogen-bond acceptors (Lipinski definition) is 4. The number of amides is 2. The standard InChI is InChI=1S/C21H36N2O5/c1-2-3-4-5-6-7-8-9-10-11-12-18(17-19(24)25)20(26)28-16-15-23-14-13-22-21(23)27/h10-11,18H,2-9,12-17H2,1H3,(H,22,27)(H,24,25)/b11-10+. The molecule has 1 saturated heterocycles. The molecule has 0 bridgehead atoms. The highest BCUT2D eigenvalue weighted by atomic mass is 16.5. The monoisotopic (exact) mass is 396 g/mol. The van der Waals surface area contributed by atoms with Crippen LogP contribution >= 0.6 is 0 Å². The van der Waals surface area contributed by atoms with Crippen LogP contribution in [0, 0.1) is 5.92 Å². The minimum atomic E-state index is -1.01. The van der Waals surface area contributed by atoms with E-state index in [2.05, 4.69) is 12.2 Å². The minimum absolute atomic E-state index is 0.0874. The SMILES string of the molecule is CCCCCCCCC/C=C/CC(CC(=O)O)C(=O)OCCN1CCNC1=O. The fourth-order valence-electron chi connectivity index (χ4n) is 3.17. The fourth-order valence-corrected chi connectivity index (χ4v) is 3.17. The zero-order valence-electron chi connectivity index (χ0n) is 17.2. The van der Waals surface area contributed by atoms with E-state index in [-0.39, 0.29) is 19.1 Å². The summed E-state index contributed by atoms with van der Waals surface area (Å²) in [6.45, 7) is 3.81. The quantitative estimate of drug-likeness (QED) is 0.235. The summed E-state index contributed by atoms with van der Waals surface area (Å²) >= 11 is 0. The molecule has 0 aliphatic carbocycles. The Morgan fingerprint density at radius 2 is 1.89 bits per heavy atom. The van der Waals surface area contributed by atoms with Crippen molar-refractivity contribution in [2.45, 2.75) is 71.1 Å². The molecule has 0 aromatic rings. The van der Waals surface area contributed by atoms with E-state index in [0.717, 1.165) is 12.8 Å². The van der Waals surface area contributed by atoms with Gasteiger partial charge in [0, 0.05) is 13.1 Å². The van der Waals surface area contributed by atoms with E-state index in [1.165, 1.54) is 38.5 Å². The summed E-state index contributed by atoms with van der Waals surface area (Å²) in [5, 5.41) is 11.7. The first-order valence-corrected chi connectivity index (χ1v) is 10.6. The van der Waals surface area contributed by atoms with Crippen LogP contribution in [0.2, 0.25) is 0 Å². The second kappa shape index (κ2) is 14.9. The van der Waals surface area contributed by atoms with Crippen LogP contribution in [0.1, 0.15) is 71.1 Å². The Morgan fingerprint density at radius 3 is 2.54 bits per heavy atom. The number of carboxylic acids is 1. The average molecular weight is 397 g/mol. The van der Waals surface area contributed by atoms with Gasteiger partial charge in [0.05, 0.1) is 18.9 Å². The summed E-state index contributed by atoms with van der Waals surface area (Å²) < 4.78 is 5.20. The molecule has 2 amide bonds. The number of carbonyl (C=O) groups is 3. The molecule has 1 fully saturated rings. The van der Waals surface area contributed by atoms with Gasteiger partial charge in [-0.2, -0.15) is 0 Å². The molecule has 1 aliphatic rings. The smallest absolute Gasteiger partial charge is 0.317 e. The van der Waals surface area contributed by atoms with Crippen molar-refractivity contribution >= 4 is 18.0 Å². The van der Waals surface area contributed by atoms with Gasteiger partial charge in [-0.25, -0.2) is 4.79 Å². The molecule has 160 valence electrons. The molecule has 0 saturated carbocycles. The van der Waals surface area contributed by atoms with Gasteiger partial charge < -0.3 is 20.1 Å². The van der Waals surface area contributed by atoms with Crippen LogP contribution in [0.25, 0.3) is 0 Å². The van der Waals surface area contributed by atoms with Crippen LogP contribution in [0.3, 0.4) is 0 Å². The van der Waals surface area contributed by atoms with E-state index >= 15 is 0 Å². The zero-order valence-corrected chi connectivity index (χ0v) is 17.2. The number of rotatable bonds is 16. The third-order valence-corrected chi connectivity index (χ3v) is 4.87. The molecule has 0 spiro atoms. The third-order valence-electron chi connectivity index (χ3n) is 4.87. The summed E-state index contributed by atoms with van der Waals surface area (Å²) in [5.41, 5.74) is 0. The van der Waals surface area contributed by atoms with E-state index in [1.807, 2.05) is 12.2 Å². The van der Waals surface area contributed by atoms with Gasteiger partial charge >= 0.3 is 18.0 Å². The first kappa shape index (κ1) is 24.0. The highest BCUT2D eigenvalue weighted by molar-refractivity contribution is 5.79. The Balaban J connectivity index is 2.22. The molecule has 28 heavy (non-hydrogen) atoms. The number of esters is 1. The number of carboxylic acid groups (broad SMARTS) is 1. The van der Waals surface area contributed by atoms with Gasteiger partial charge in [-0.1, -0.05) is 57.6 Å². The molecular formula is C21H36N2O5. The first-order chi connectivity index (χ1) is 13.5. The number of unbranched alkanes of at least 4 members (excludes halogenated alkanes) is 7. The lowest BCUT2D eigenvalue weighted by molar-refractivity contribution is -0.153. The van der Waals surface area contributed by atoms with Crippen molar-refractivity contribution in [3.8, 4) is 0 Å². The number of ether oxygens (including phenoxy) is 1. The number of nitrogens with zero attached hydrogens (tertiary/aromatic N) is 1. The predicted octanol–water partition coefficient (Wildman–Crippen LogP) is 3.73. The lowest BCUT2D eigenvalue weighted by Crippen LogP contribution is -2.32. The average Bonchev–Trinajstić information content (AvgIpc) is 3.06. The molecule has 7 heteroatoms. The molecule has 2 N–H and O–H groups in total. The third kappa shape index (κ3) is 10.9. The zero-order chi connectivity index (χ0) is 20.6. The maximum absolute atomic E-state index is 12.2. The van der Waals surface area contributed by atoms with Gasteiger partial charge in [-0.3, -0.25) is 9.59 Å². The van der Waals surface area contributed by atoms with E-state index in [9.17, 15) is 14.4 Å². The van der Waals surface area contributed by atoms with Crippen LogP contribution in [-0.4, -0.2) is 54.2 Å². The van der Waals surface area contributed by atoms with Crippen LogP contribution in [-0.2, 0) is 14.3 Å². The van der Waals surface area contributed by atoms with Gasteiger partial charge in [-0.15, -0.1) is 0 Å². The normalized spacial score (nSPS) is 15.0. The molecule has 0 aromatic heterocycles. The molecule has 0 radical (unpaired) electrons. The summed E-state index contributed by atoms with van der Waals surface area (Å²) in [6.07, 6.45) is 13.8. The maximum Gasteiger partial charge on any atom is 0.317 e. The van der Waals surface area contributed by atoms with Crippen molar-refractivity contribution in [3.63, 3.8) is 0 Å². The molecule has 7 nitrogen and oxygen atoms in total. The lowest BCUT2D eigenvalue weighted by atomic mass is 10.0. The molecular weight excluding hydrogens is 360 g/mol. The Kier molecular flexibility index (Phi) is 12.8. The number of carbonyl (C=O) groups excluding carboxylic acids is 2. The van der Waals surface area contributed by atoms with Crippen LogP contribution < -0.4 is 5.32 Å². The highest BCUT2D eigenvalue weighted by Crippen LogP contribution is 2.14.